The fourth-order valence-corrected chi connectivity index (χ4v) is 2.74. The molecule has 158 valence electrons. The Bertz CT molecular complexity index is 1110. The third-order valence-corrected chi connectivity index (χ3v) is 4.29. The normalized spacial score (nSPS) is 10.6. The van der Waals surface area contributed by atoms with Crippen LogP contribution in [0.15, 0.2) is 71.7 Å². The van der Waals surface area contributed by atoms with Crippen molar-refractivity contribution in [2.24, 2.45) is 4.99 Å². The molecule has 3 aromatic carbocycles. The van der Waals surface area contributed by atoms with Gasteiger partial charge in [0, 0.05) is 35.7 Å². The number of carbonyl (C=O) groups is 1. The van der Waals surface area contributed by atoms with Crippen LogP contribution in [-0.2, 0) is 4.79 Å². The zero-order chi connectivity index (χ0) is 22.2. The molecule has 0 aliphatic heterocycles. The monoisotopic (exact) mass is 419 g/mol. The van der Waals surface area contributed by atoms with E-state index in [1.165, 1.54) is 19.2 Å². The number of hydrogen-bond donors (Lipinski definition) is 1. The van der Waals surface area contributed by atoms with Gasteiger partial charge in [-0.1, -0.05) is 12.1 Å². The summed E-state index contributed by atoms with van der Waals surface area (Å²) < 4.78 is 10.9. The maximum atomic E-state index is 12.3. The minimum absolute atomic E-state index is 0.00737. The molecular weight excluding hydrogens is 398 g/mol. The van der Waals surface area contributed by atoms with Crippen molar-refractivity contribution in [3.8, 4) is 11.5 Å². The minimum atomic E-state index is -0.468. The lowest BCUT2D eigenvalue weighted by Gasteiger charge is -2.11. The number of ether oxygens (including phenoxy) is 2. The van der Waals surface area contributed by atoms with Gasteiger partial charge in [-0.05, 0) is 48.9 Å². The van der Waals surface area contributed by atoms with Gasteiger partial charge in [-0.2, -0.15) is 0 Å². The molecule has 0 spiro atoms. The summed E-state index contributed by atoms with van der Waals surface area (Å²) in [4.78, 5) is 26.9. The Hall–Kier alpha value is -4.20. The Kier molecular flexibility index (Phi) is 6.95. The van der Waals surface area contributed by atoms with Gasteiger partial charge in [0.2, 0.25) is 0 Å². The number of aliphatic imine (C=N–C) groups is 1. The highest BCUT2D eigenvalue weighted by Crippen LogP contribution is 2.25. The predicted octanol–water partition coefficient (Wildman–Crippen LogP) is 4.68. The number of amides is 1. The summed E-state index contributed by atoms with van der Waals surface area (Å²) in [5, 5.41) is 13.6. The number of nitrogens with zero attached hydrogens (tertiary/aromatic N) is 2. The van der Waals surface area contributed by atoms with E-state index >= 15 is 0 Å². The number of methoxy groups -OCH3 is 1. The summed E-state index contributed by atoms with van der Waals surface area (Å²) in [6.07, 6.45) is 1.56. The Morgan fingerprint density at radius 3 is 2.58 bits per heavy atom. The highest BCUT2D eigenvalue weighted by molar-refractivity contribution is 5.92. The molecule has 0 saturated carbocycles. The van der Waals surface area contributed by atoms with Crippen LogP contribution in [0.25, 0.3) is 0 Å². The fraction of sp³-hybridized carbons (Fsp3) is 0.130. The molecule has 0 unspecified atom stereocenters. The van der Waals surface area contributed by atoms with Crippen molar-refractivity contribution in [2.75, 3.05) is 19.0 Å². The van der Waals surface area contributed by atoms with E-state index in [0.29, 0.717) is 28.4 Å². The second-order valence-electron chi connectivity index (χ2n) is 6.64. The third-order valence-electron chi connectivity index (χ3n) is 4.29. The molecule has 8 heteroatoms. The summed E-state index contributed by atoms with van der Waals surface area (Å²) in [6, 6.07) is 18.5. The first-order valence-electron chi connectivity index (χ1n) is 9.40. The summed E-state index contributed by atoms with van der Waals surface area (Å²) >= 11 is 0. The number of carbonyl (C=O) groups excluding carboxylic acids is 1. The van der Waals surface area contributed by atoms with E-state index < -0.39 is 4.92 Å². The second-order valence-corrected chi connectivity index (χ2v) is 6.64. The van der Waals surface area contributed by atoms with Crippen LogP contribution in [0.3, 0.4) is 0 Å². The smallest absolute Gasteiger partial charge is 0.269 e. The molecular formula is C23H21N3O5. The molecule has 31 heavy (non-hydrogen) atoms. The lowest BCUT2D eigenvalue weighted by atomic mass is 10.2. The SMILES string of the molecule is COc1ccc(C=Nc2ccc([N+](=O)[O-])cc2)c(OCC(=O)Nc2cccc(C)c2)c1. The summed E-state index contributed by atoms with van der Waals surface area (Å²) in [5.74, 6) is 0.692. The Labute approximate surface area is 179 Å². The number of rotatable bonds is 8. The molecule has 0 heterocycles. The van der Waals surface area contributed by atoms with Crippen LogP contribution in [0.2, 0.25) is 0 Å². The summed E-state index contributed by atoms with van der Waals surface area (Å²) in [7, 11) is 1.54. The van der Waals surface area contributed by atoms with Gasteiger partial charge in [-0.15, -0.1) is 0 Å². The maximum absolute atomic E-state index is 12.3. The molecule has 3 rings (SSSR count). The largest absolute Gasteiger partial charge is 0.497 e. The zero-order valence-electron chi connectivity index (χ0n) is 17.1. The van der Waals surface area contributed by atoms with Crippen LogP contribution in [-0.4, -0.2) is 30.8 Å². The lowest BCUT2D eigenvalue weighted by Crippen LogP contribution is -2.20. The van der Waals surface area contributed by atoms with Gasteiger partial charge in [0.15, 0.2) is 6.61 Å². The number of non-ortho nitro benzene ring substituents is 1. The van der Waals surface area contributed by atoms with Gasteiger partial charge in [0.1, 0.15) is 11.5 Å². The van der Waals surface area contributed by atoms with Crippen molar-refractivity contribution < 1.29 is 19.2 Å². The number of nitro groups is 1. The second kappa shape index (κ2) is 10.0. The number of nitro benzene ring substituents is 1. The lowest BCUT2D eigenvalue weighted by molar-refractivity contribution is -0.384. The van der Waals surface area contributed by atoms with Crippen molar-refractivity contribution in [3.05, 3.63) is 88.0 Å². The van der Waals surface area contributed by atoms with E-state index in [4.69, 9.17) is 9.47 Å². The molecule has 0 atom stereocenters. The van der Waals surface area contributed by atoms with Crippen molar-refractivity contribution in [1.29, 1.82) is 0 Å². The van der Waals surface area contributed by atoms with Crippen LogP contribution < -0.4 is 14.8 Å². The zero-order valence-corrected chi connectivity index (χ0v) is 17.1. The molecule has 0 radical (unpaired) electrons. The van der Waals surface area contributed by atoms with Crippen LogP contribution in [0.1, 0.15) is 11.1 Å². The van der Waals surface area contributed by atoms with Gasteiger partial charge in [0.05, 0.1) is 17.7 Å². The van der Waals surface area contributed by atoms with Gasteiger partial charge < -0.3 is 14.8 Å². The molecule has 0 saturated heterocycles. The Morgan fingerprint density at radius 1 is 1.13 bits per heavy atom. The quantitative estimate of drug-likeness (QED) is 0.324. The van der Waals surface area contributed by atoms with E-state index in [0.717, 1.165) is 5.56 Å². The Balaban J connectivity index is 1.71. The molecule has 3 aromatic rings. The number of benzene rings is 3. The van der Waals surface area contributed by atoms with Gasteiger partial charge in [-0.25, -0.2) is 0 Å². The van der Waals surface area contributed by atoms with Crippen LogP contribution in [0, 0.1) is 17.0 Å². The van der Waals surface area contributed by atoms with Crippen LogP contribution in [0.4, 0.5) is 17.1 Å². The van der Waals surface area contributed by atoms with E-state index in [9.17, 15) is 14.9 Å². The minimum Gasteiger partial charge on any atom is -0.497 e. The van der Waals surface area contributed by atoms with E-state index in [2.05, 4.69) is 10.3 Å². The maximum Gasteiger partial charge on any atom is 0.269 e. The van der Waals surface area contributed by atoms with Gasteiger partial charge >= 0.3 is 0 Å². The molecule has 0 aliphatic rings. The van der Waals surface area contributed by atoms with E-state index in [-0.39, 0.29) is 18.2 Å². The molecule has 0 aromatic heterocycles. The highest BCUT2D eigenvalue weighted by Gasteiger charge is 2.09. The van der Waals surface area contributed by atoms with Crippen LogP contribution >= 0.6 is 0 Å². The first-order valence-corrected chi connectivity index (χ1v) is 9.40. The van der Waals surface area contributed by atoms with Crippen molar-refractivity contribution in [1.82, 2.24) is 0 Å². The van der Waals surface area contributed by atoms with Crippen molar-refractivity contribution in [3.63, 3.8) is 0 Å². The first-order chi connectivity index (χ1) is 14.9. The number of hydrogen-bond acceptors (Lipinski definition) is 6. The topological polar surface area (TPSA) is 103 Å². The molecule has 1 N–H and O–H groups in total. The molecule has 1 amide bonds. The molecule has 8 nitrogen and oxygen atoms in total. The molecule has 0 bridgehead atoms. The van der Waals surface area contributed by atoms with Crippen molar-refractivity contribution in [2.45, 2.75) is 6.92 Å². The molecule has 0 fully saturated rings. The van der Waals surface area contributed by atoms with Gasteiger partial charge in [0.25, 0.3) is 11.6 Å². The van der Waals surface area contributed by atoms with E-state index in [1.807, 2.05) is 25.1 Å². The van der Waals surface area contributed by atoms with E-state index in [1.54, 1.807) is 42.6 Å². The number of nitrogens with one attached hydrogen (secondary N) is 1. The van der Waals surface area contributed by atoms with Gasteiger partial charge in [-0.3, -0.25) is 19.9 Å². The summed E-state index contributed by atoms with van der Waals surface area (Å²) in [6.45, 7) is 1.75. The Morgan fingerprint density at radius 2 is 1.90 bits per heavy atom. The van der Waals surface area contributed by atoms with Crippen molar-refractivity contribution >= 4 is 29.2 Å². The highest BCUT2D eigenvalue weighted by atomic mass is 16.6. The fourth-order valence-electron chi connectivity index (χ4n) is 2.74. The third kappa shape index (κ3) is 6.14. The average Bonchev–Trinajstić information content (AvgIpc) is 2.76. The summed E-state index contributed by atoms with van der Waals surface area (Å²) in [5.41, 5.74) is 2.90. The standard InChI is InChI=1S/C23H21N3O5/c1-16-4-3-5-19(12-16)25-23(27)15-31-22-13-21(30-2)11-6-17(22)14-24-18-7-9-20(10-8-18)26(28)29/h3-14H,15H2,1-2H3,(H,25,27). The average molecular weight is 419 g/mol. The number of anilines is 1. The predicted molar refractivity (Wildman–Crippen MR) is 119 cm³/mol. The van der Waals surface area contributed by atoms with Crippen LogP contribution in [0.5, 0.6) is 11.5 Å². The number of aryl methyl sites for hydroxylation is 1. The molecule has 0 aliphatic carbocycles. The first kappa shape index (κ1) is 21.5.